The molecule has 0 aliphatic heterocycles. The highest BCUT2D eigenvalue weighted by atomic mass is 31.2. The first-order valence-electron chi connectivity index (χ1n) is 16.8. The molecule has 0 aliphatic carbocycles. The highest BCUT2D eigenvalue weighted by Gasteiger charge is 2.20. The minimum atomic E-state index is -4.50. The van der Waals surface area contributed by atoms with E-state index in [9.17, 15) is 14.3 Å². The van der Waals surface area contributed by atoms with Crippen LogP contribution in [0.3, 0.4) is 0 Å². The fourth-order valence-corrected chi connectivity index (χ4v) is 5.21. The van der Waals surface area contributed by atoms with Crippen LogP contribution in [0.5, 0.6) is 0 Å². The Balaban J connectivity index is 4.35. The third-order valence-corrected chi connectivity index (χ3v) is 8.12. The minimum absolute atomic E-state index is 0.0303. The van der Waals surface area contributed by atoms with Crippen LogP contribution < -0.4 is 4.89 Å². The van der Waals surface area contributed by atoms with Crippen molar-refractivity contribution in [3.63, 3.8) is 0 Å². The van der Waals surface area contributed by atoms with Gasteiger partial charge in [0, 0.05) is 13.0 Å². The molecule has 0 aromatic heterocycles. The molecule has 0 aliphatic rings. The predicted molar refractivity (Wildman–Crippen MR) is 167 cm³/mol. The van der Waals surface area contributed by atoms with Crippen molar-refractivity contribution in [3.05, 3.63) is 0 Å². The molecular weight excluding hydrogens is 541 g/mol. The number of carbonyl (C=O) groups is 1. The summed E-state index contributed by atoms with van der Waals surface area (Å²) < 4.78 is 34.2. The second kappa shape index (κ2) is 27.1. The van der Waals surface area contributed by atoms with Gasteiger partial charge in [0.2, 0.25) is 0 Å². The Hall–Kier alpha value is -0.500. The van der Waals surface area contributed by atoms with E-state index >= 15 is 0 Å². The second-order valence-corrected chi connectivity index (χ2v) is 13.9. The van der Waals surface area contributed by atoms with Crippen LogP contribution in [0.4, 0.5) is 0 Å². The van der Waals surface area contributed by atoms with E-state index in [1.54, 1.807) is 0 Å². The monoisotopic (exact) mass is 607 g/mol. The molecule has 0 aromatic carbocycles. The van der Waals surface area contributed by atoms with Crippen molar-refractivity contribution < 1.29 is 37.3 Å². The quantitative estimate of drug-likeness (QED) is 0.0341. The first kappa shape index (κ1) is 40.5. The molecule has 0 N–H and O–H groups in total. The normalized spacial score (nSPS) is 14.2. The molecule has 2 unspecified atom stereocenters. The largest absolute Gasteiger partial charge is 0.756 e. The Morgan fingerprint density at radius 2 is 1.12 bits per heavy atom. The van der Waals surface area contributed by atoms with Gasteiger partial charge in [0.05, 0.1) is 34.4 Å². The van der Waals surface area contributed by atoms with Gasteiger partial charge in [-0.15, -0.1) is 0 Å². The van der Waals surface area contributed by atoms with Crippen molar-refractivity contribution in [3.8, 4) is 0 Å². The zero-order valence-electron chi connectivity index (χ0n) is 27.5. The van der Waals surface area contributed by atoms with Gasteiger partial charge in [-0.05, 0) is 12.8 Å². The van der Waals surface area contributed by atoms with Crippen molar-refractivity contribution in [1.82, 2.24) is 0 Å². The molecule has 2 atom stereocenters. The molecule has 0 amide bonds. The molecule has 8 nitrogen and oxygen atoms in total. The van der Waals surface area contributed by atoms with Gasteiger partial charge in [-0.3, -0.25) is 9.36 Å². The summed E-state index contributed by atoms with van der Waals surface area (Å²) in [6.45, 7) is 5.38. The highest BCUT2D eigenvalue weighted by molar-refractivity contribution is 7.45. The fraction of sp³-hybridized carbons (Fsp3) is 0.969. The Morgan fingerprint density at radius 3 is 1.61 bits per heavy atom. The van der Waals surface area contributed by atoms with Crippen molar-refractivity contribution >= 4 is 13.8 Å². The van der Waals surface area contributed by atoms with Gasteiger partial charge in [-0.25, -0.2) is 0 Å². The van der Waals surface area contributed by atoms with Gasteiger partial charge >= 0.3 is 5.97 Å². The van der Waals surface area contributed by atoms with E-state index in [4.69, 9.17) is 18.5 Å². The van der Waals surface area contributed by atoms with E-state index in [2.05, 4.69) is 13.8 Å². The topological polar surface area (TPSA) is 94.1 Å². The number of phosphoric acid groups is 1. The summed E-state index contributed by atoms with van der Waals surface area (Å²) in [5.74, 6) is -0.337. The summed E-state index contributed by atoms with van der Waals surface area (Å²) >= 11 is 0. The molecule has 0 fully saturated rings. The Bertz CT molecular complexity index is 642. The van der Waals surface area contributed by atoms with Gasteiger partial charge in [0.25, 0.3) is 7.82 Å². The zero-order chi connectivity index (χ0) is 30.7. The maximum atomic E-state index is 12.5. The fourth-order valence-electron chi connectivity index (χ4n) is 4.49. The summed E-state index contributed by atoms with van der Waals surface area (Å²) in [7, 11) is 1.36. The van der Waals surface area contributed by atoms with Crippen LogP contribution in [-0.2, 0) is 27.9 Å². The second-order valence-electron chi connectivity index (χ2n) is 12.5. The van der Waals surface area contributed by atoms with E-state index in [1.807, 2.05) is 21.1 Å². The third kappa shape index (κ3) is 30.8. The average Bonchev–Trinajstić information content (AvgIpc) is 2.90. The van der Waals surface area contributed by atoms with E-state index in [0.717, 1.165) is 32.1 Å². The van der Waals surface area contributed by atoms with E-state index < -0.39 is 13.9 Å². The van der Waals surface area contributed by atoms with Gasteiger partial charge in [-0.2, -0.15) is 0 Å². The number of hydrogen-bond donors (Lipinski definition) is 0. The molecule has 0 bridgehead atoms. The van der Waals surface area contributed by atoms with Crippen LogP contribution in [0.25, 0.3) is 0 Å². The number of ether oxygens (including phenoxy) is 2. The smallest absolute Gasteiger partial charge is 0.306 e. The van der Waals surface area contributed by atoms with Crippen LogP contribution in [0, 0.1) is 0 Å². The Morgan fingerprint density at radius 1 is 0.659 bits per heavy atom. The van der Waals surface area contributed by atoms with Crippen molar-refractivity contribution in [2.75, 3.05) is 54.1 Å². The van der Waals surface area contributed by atoms with Crippen LogP contribution in [0.15, 0.2) is 0 Å². The molecule has 0 radical (unpaired) electrons. The van der Waals surface area contributed by atoms with Gasteiger partial charge in [0.15, 0.2) is 0 Å². The summed E-state index contributed by atoms with van der Waals surface area (Å²) in [5.41, 5.74) is 0. The number of nitrogens with zero attached hydrogens (tertiary/aromatic N) is 1. The number of rotatable bonds is 31. The number of likely N-dealkylation sites (N-methyl/N-ethyl adjacent to an activating group) is 1. The predicted octanol–water partition coefficient (Wildman–Crippen LogP) is 7.96. The highest BCUT2D eigenvalue weighted by Crippen LogP contribution is 2.38. The lowest BCUT2D eigenvalue weighted by molar-refractivity contribution is -0.870. The maximum Gasteiger partial charge on any atom is 0.306 e. The molecule has 0 aromatic rings. The molecule has 0 saturated carbocycles. The third-order valence-electron chi connectivity index (χ3n) is 7.16. The Kier molecular flexibility index (Phi) is 26.7. The lowest BCUT2D eigenvalue weighted by Crippen LogP contribution is -2.37. The maximum absolute atomic E-state index is 12.5. The molecule has 0 saturated heterocycles. The molecule has 0 spiro atoms. The van der Waals surface area contributed by atoms with Gasteiger partial charge in [0.1, 0.15) is 19.3 Å². The summed E-state index contributed by atoms with van der Waals surface area (Å²) in [6.07, 6.45) is 22.5. The first-order chi connectivity index (χ1) is 19.6. The summed E-state index contributed by atoms with van der Waals surface area (Å²) in [5, 5.41) is 0. The molecular formula is C32H66NO7P. The summed E-state index contributed by atoms with van der Waals surface area (Å²) in [4.78, 5) is 24.7. The number of hydrogen-bond acceptors (Lipinski definition) is 7. The number of unbranched alkanes of at least 4 members (excludes halogenated alkanes) is 17. The number of carbonyl (C=O) groups excluding carboxylic acids is 1. The van der Waals surface area contributed by atoms with Crippen molar-refractivity contribution in [1.29, 1.82) is 0 Å². The van der Waals surface area contributed by atoms with Gasteiger partial charge < -0.3 is 27.9 Å². The zero-order valence-corrected chi connectivity index (χ0v) is 28.4. The van der Waals surface area contributed by atoms with Crippen LogP contribution in [0.1, 0.15) is 142 Å². The number of phosphoric ester groups is 1. The van der Waals surface area contributed by atoms with Crippen molar-refractivity contribution in [2.45, 2.75) is 148 Å². The summed E-state index contributed by atoms with van der Waals surface area (Å²) in [6, 6.07) is 0. The lowest BCUT2D eigenvalue weighted by atomic mass is 10.1. The number of esters is 1. The molecule has 0 heterocycles. The molecule has 9 heteroatoms. The van der Waals surface area contributed by atoms with E-state index in [-0.39, 0.29) is 25.8 Å². The van der Waals surface area contributed by atoms with Crippen LogP contribution in [-0.4, -0.2) is 70.7 Å². The lowest BCUT2D eigenvalue weighted by Gasteiger charge is -2.28. The first-order valence-corrected chi connectivity index (χ1v) is 18.2. The van der Waals surface area contributed by atoms with Crippen LogP contribution in [0.2, 0.25) is 0 Å². The molecule has 41 heavy (non-hydrogen) atoms. The van der Waals surface area contributed by atoms with Crippen LogP contribution >= 0.6 is 7.82 Å². The average molecular weight is 608 g/mol. The van der Waals surface area contributed by atoms with E-state index in [1.165, 1.54) is 89.9 Å². The minimum Gasteiger partial charge on any atom is -0.756 e. The van der Waals surface area contributed by atoms with Gasteiger partial charge in [-0.1, -0.05) is 123 Å². The molecule has 0 rings (SSSR count). The van der Waals surface area contributed by atoms with Crippen molar-refractivity contribution in [2.24, 2.45) is 0 Å². The Labute approximate surface area is 253 Å². The standard InChI is InChI=1S/C32H66NO7P/c1-6-8-10-12-14-16-18-20-22-24-27-37-29-31(30-39-41(35,36)38-28-26-33(3,4)5)40-32(34)25-23-21-19-17-15-13-11-9-7-2/h31H,6-30H2,1-5H3. The molecule has 246 valence electrons. The van der Waals surface area contributed by atoms with E-state index in [0.29, 0.717) is 24.1 Å². The number of quaternary nitrogens is 1. The SMILES string of the molecule is CCCCCCCCCCCCOCC(COP(=O)([O-])OCC[N+](C)(C)C)OC(=O)CCCCCCCCCCC.